The van der Waals surface area contributed by atoms with Crippen molar-refractivity contribution in [3.63, 3.8) is 0 Å². The molecule has 20 heavy (non-hydrogen) atoms. The van der Waals surface area contributed by atoms with Crippen LogP contribution in [0.15, 0.2) is 0 Å². The third-order valence-corrected chi connectivity index (χ3v) is 4.92. The molecule has 0 N–H and O–H groups in total. The van der Waals surface area contributed by atoms with Crippen molar-refractivity contribution in [1.82, 2.24) is 0 Å². The van der Waals surface area contributed by atoms with Gasteiger partial charge in [-0.15, -0.1) is 0 Å². The summed E-state index contributed by atoms with van der Waals surface area (Å²) in [7, 11) is 0. The van der Waals surface area contributed by atoms with Gasteiger partial charge in [0.2, 0.25) is 5.60 Å². The molecule has 2 aliphatic rings. The molecule has 1 spiro atoms. The van der Waals surface area contributed by atoms with E-state index in [1.807, 2.05) is 20.8 Å². The Morgan fingerprint density at radius 3 is 2.45 bits per heavy atom. The number of hydrogen-bond acceptors (Lipinski definition) is 4. The van der Waals surface area contributed by atoms with E-state index in [4.69, 9.17) is 9.47 Å². The van der Waals surface area contributed by atoms with Gasteiger partial charge < -0.3 is 9.47 Å². The van der Waals surface area contributed by atoms with Gasteiger partial charge in [0, 0.05) is 6.42 Å². The topological polar surface area (TPSA) is 52.6 Å². The van der Waals surface area contributed by atoms with Crippen LogP contribution in [0, 0.1) is 5.41 Å². The summed E-state index contributed by atoms with van der Waals surface area (Å²) in [5.74, 6) is -0.688. The lowest BCUT2D eigenvalue weighted by atomic mass is 9.79. The number of rotatable bonds is 3. The second-order valence-electron chi connectivity index (χ2n) is 7.17. The molecular formula is C16H26O4. The lowest BCUT2D eigenvalue weighted by Crippen LogP contribution is -2.41. The summed E-state index contributed by atoms with van der Waals surface area (Å²) in [5, 5.41) is 0. The first-order chi connectivity index (χ1) is 9.23. The summed E-state index contributed by atoms with van der Waals surface area (Å²) in [5.41, 5.74) is -2.06. The maximum absolute atomic E-state index is 12.2. The van der Waals surface area contributed by atoms with Gasteiger partial charge in [0.05, 0.1) is 5.41 Å². The Labute approximate surface area is 121 Å². The Morgan fingerprint density at radius 2 is 1.90 bits per heavy atom. The molecule has 0 aromatic heterocycles. The summed E-state index contributed by atoms with van der Waals surface area (Å²) in [6.07, 6.45) is 6.33. The lowest BCUT2D eigenvalue weighted by Gasteiger charge is -2.32. The molecule has 0 aromatic rings. The Kier molecular flexibility index (Phi) is 3.87. The van der Waals surface area contributed by atoms with Gasteiger partial charge in [-0.1, -0.05) is 13.3 Å². The highest BCUT2D eigenvalue weighted by molar-refractivity contribution is 5.86. The van der Waals surface area contributed by atoms with Crippen molar-refractivity contribution in [2.45, 2.75) is 83.8 Å². The van der Waals surface area contributed by atoms with Crippen molar-refractivity contribution in [3.05, 3.63) is 0 Å². The highest BCUT2D eigenvalue weighted by Gasteiger charge is 2.57. The quantitative estimate of drug-likeness (QED) is 0.745. The first-order valence-electron chi connectivity index (χ1n) is 7.70. The van der Waals surface area contributed by atoms with Crippen LogP contribution in [-0.2, 0) is 19.1 Å². The monoisotopic (exact) mass is 282 g/mol. The van der Waals surface area contributed by atoms with E-state index in [-0.39, 0.29) is 17.5 Å². The summed E-state index contributed by atoms with van der Waals surface area (Å²) in [4.78, 5) is 24.5. The van der Waals surface area contributed by atoms with Gasteiger partial charge in [-0.2, -0.15) is 0 Å². The molecule has 0 radical (unpaired) electrons. The average Bonchev–Trinajstić information content (AvgIpc) is 2.61. The Hall–Kier alpha value is -1.06. The number of carbonyl (C=O) groups is 2. The zero-order chi connectivity index (χ0) is 15.0. The zero-order valence-electron chi connectivity index (χ0n) is 13.1. The van der Waals surface area contributed by atoms with E-state index in [1.165, 1.54) is 6.42 Å². The van der Waals surface area contributed by atoms with E-state index in [9.17, 15) is 9.59 Å². The molecule has 1 unspecified atom stereocenters. The predicted molar refractivity (Wildman–Crippen MR) is 75.1 cm³/mol. The number of hydrogen-bond donors (Lipinski definition) is 0. The number of esters is 2. The molecular weight excluding hydrogens is 256 g/mol. The van der Waals surface area contributed by atoms with Crippen molar-refractivity contribution in [3.8, 4) is 0 Å². The summed E-state index contributed by atoms with van der Waals surface area (Å²) >= 11 is 0. The highest BCUT2D eigenvalue weighted by atomic mass is 16.6. The molecule has 0 amide bonds. The van der Waals surface area contributed by atoms with Crippen LogP contribution in [0.3, 0.4) is 0 Å². The standard InChI is InChI=1S/C16H26O4/c1-5-14(2,3)12(17)19-15(4)11-16(20-13(15)18)9-7-6-8-10-16/h5-11H2,1-4H3. The van der Waals surface area contributed by atoms with Crippen LogP contribution >= 0.6 is 0 Å². The van der Waals surface area contributed by atoms with Crippen LogP contribution < -0.4 is 0 Å². The predicted octanol–water partition coefficient (Wildman–Crippen LogP) is 3.37. The van der Waals surface area contributed by atoms with Crippen molar-refractivity contribution in [1.29, 1.82) is 0 Å². The molecule has 0 aromatic carbocycles. The van der Waals surface area contributed by atoms with Gasteiger partial charge in [-0.05, 0) is 52.9 Å². The molecule has 2 rings (SSSR count). The second kappa shape index (κ2) is 5.05. The smallest absolute Gasteiger partial charge is 0.351 e. The van der Waals surface area contributed by atoms with Crippen molar-refractivity contribution >= 4 is 11.9 Å². The maximum Gasteiger partial charge on any atom is 0.351 e. The van der Waals surface area contributed by atoms with Crippen LogP contribution in [0.25, 0.3) is 0 Å². The fourth-order valence-electron chi connectivity index (χ4n) is 3.07. The molecule has 1 aliphatic heterocycles. The van der Waals surface area contributed by atoms with Gasteiger partial charge >= 0.3 is 11.9 Å². The van der Waals surface area contributed by atoms with Crippen LogP contribution in [0.5, 0.6) is 0 Å². The van der Waals surface area contributed by atoms with E-state index in [1.54, 1.807) is 6.92 Å². The van der Waals surface area contributed by atoms with E-state index in [2.05, 4.69) is 0 Å². The molecule has 0 bridgehead atoms. The van der Waals surface area contributed by atoms with Crippen molar-refractivity contribution in [2.75, 3.05) is 0 Å². The van der Waals surface area contributed by atoms with E-state index in [0.717, 1.165) is 25.7 Å². The molecule has 1 atom stereocenters. The van der Waals surface area contributed by atoms with Crippen molar-refractivity contribution < 1.29 is 19.1 Å². The fraction of sp³-hybridized carbons (Fsp3) is 0.875. The molecule has 1 heterocycles. The summed E-state index contributed by atoms with van der Waals surface area (Å²) in [6, 6.07) is 0. The van der Waals surface area contributed by atoms with E-state index < -0.39 is 11.0 Å². The first kappa shape index (κ1) is 15.3. The summed E-state index contributed by atoms with van der Waals surface area (Å²) in [6.45, 7) is 7.33. The first-order valence-corrected chi connectivity index (χ1v) is 7.70. The van der Waals surface area contributed by atoms with Crippen molar-refractivity contribution in [2.24, 2.45) is 5.41 Å². The van der Waals surface area contributed by atoms with Gasteiger partial charge in [-0.25, -0.2) is 4.79 Å². The van der Waals surface area contributed by atoms with E-state index in [0.29, 0.717) is 12.8 Å². The third-order valence-electron chi connectivity index (χ3n) is 4.92. The van der Waals surface area contributed by atoms with Crippen LogP contribution in [0.1, 0.15) is 72.6 Å². The molecule has 4 nitrogen and oxygen atoms in total. The Bertz CT molecular complexity index is 407. The SMILES string of the molecule is CCC(C)(C)C(=O)OC1(C)CC2(CCCCC2)OC1=O. The minimum Gasteiger partial charge on any atom is -0.456 e. The van der Waals surface area contributed by atoms with Gasteiger partial charge in [0.15, 0.2) is 0 Å². The third kappa shape index (κ3) is 2.70. The molecule has 1 aliphatic carbocycles. The number of carbonyl (C=O) groups excluding carboxylic acids is 2. The van der Waals surface area contributed by atoms with Crippen LogP contribution in [0.2, 0.25) is 0 Å². The minimum absolute atomic E-state index is 0.313. The molecule has 1 saturated carbocycles. The summed E-state index contributed by atoms with van der Waals surface area (Å²) < 4.78 is 11.2. The normalized spacial score (nSPS) is 29.3. The lowest BCUT2D eigenvalue weighted by molar-refractivity contribution is -0.178. The largest absolute Gasteiger partial charge is 0.456 e. The van der Waals surface area contributed by atoms with Gasteiger partial charge in [0.1, 0.15) is 5.60 Å². The Balaban J connectivity index is 2.11. The molecule has 4 heteroatoms. The molecule has 2 fully saturated rings. The molecule has 114 valence electrons. The van der Waals surface area contributed by atoms with Crippen LogP contribution in [0.4, 0.5) is 0 Å². The van der Waals surface area contributed by atoms with E-state index >= 15 is 0 Å². The molecule has 1 saturated heterocycles. The Morgan fingerprint density at radius 1 is 1.30 bits per heavy atom. The second-order valence-corrected chi connectivity index (χ2v) is 7.17. The minimum atomic E-state index is -1.11. The van der Waals surface area contributed by atoms with Gasteiger partial charge in [-0.3, -0.25) is 4.79 Å². The highest BCUT2D eigenvalue weighted by Crippen LogP contribution is 2.46. The fourth-order valence-corrected chi connectivity index (χ4v) is 3.07. The average molecular weight is 282 g/mol. The number of ether oxygens (including phenoxy) is 2. The zero-order valence-corrected chi connectivity index (χ0v) is 13.1. The van der Waals surface area contributed by atoms with Gasteiger partial charge in [0.25, 0.3) is 0 Å². The maximum atomic E-state index is 12.2. The van der Waals surface area contributed by atoms with Crippen LogP contribution in [-0.4, -0.2) is 23.1 Å².